The van der Waals surface area contributed by atoms with Crippen LogP contribution < -0.4 is 15.0 Å². The summed E-state index contributed by atoms with van der Waals surface area (Å²) < 4.78 is 6.85. The number of para-hydroxylation sites is 3. The lowest BCUT2D eigenvalue weighted by Crippen LogP contribution is -2.52. The molecule has 29 heavy (non-hydrogen) atoms. The molecule has 0 spiro atoms. The van der Waals surface area contributed by atoms with E-state index in [-0.39, 0.29) is 18.4 Å². The van der Waals surface area contributed by atoms with Crippen molar-refractivity contribution < 1.29 is 14.3 Å². The Morgan fingerprint density at radius 3 is 2.55 bits per heavy atom. The molecule has 0 bridgehead atoms. The van der Waals surface area contributed by atoms with Gasteiger partial charge in [-0.2, -0.15) is 0 Å². The summed E-state index contributed by atoms with van der Waals surface area (Å²) in [7, 11) is 0. The molecule has 4 rings (SSSR count). The number of fused-ring (bicyclic) bond motifs is 1. The Morgan fingerprint density at radius 2 is 1.76 bits per heavy atom. The van der Waals surface area contributed by atoms with Crippen LogP contribution in [0.1, 0.15) is 19.3 Å². The summed E-state index contributed by atoms with van der Waals surface area (Å²) in [5.74, 6) is 0.510. The standard InChI is InChI=1S/C22H24BrN3O3/c23-16-8-2-3-9-17(16)24-21(27)15-26-14-20(22(28)25-12-6-1-7-13-25)29-19-11-5-4-10-18(19)26/h2-5,8-11,20H,1,6-7,12-15H2,(H,24,27)/t20-/m1/s1. The van der Waals surface area contributed by atoms with Gasteiger partial charge < -0.3 is 19.9 Å². The number of piperidine rings is 1. The summed E-state index contributed by atoms with van der Waals surface area (Å²) in [5, 5.41) is 2.93. The molecule has 1 N–H and O–H groups in total. The van der Waals surface area contributed by atoms with E-state index in [1.165, 1.54) is 6.42 Å². The molecule has 152 valence electrons. The first-order valence-electron chi connectivity index (χ1n) is 9.95. The van der Waals surface area contributed by atoms with Crippen molar-refractivity contribution in [3.05, 3.63) is 53.0 Å². The molecule has 7 heteroatoms. The van der Waals surface area contributed by atoms with Gasteiger partial charge >= 0.3 is 0 Å². The highest BCUT2D eigenvalue weighted by molar-refractivity contribution is 9.10. The first-order valence-corrected chi connectivity index (χ1v) is 10.7. The van der Waals surface area contributed by atoms with E-state index in [2.05, 4.69) is 21.2 Å². The molecule has 1 atom stereocenters. The van der Waals surface area contributed by atoms with Crippen LogP contribution in [0.2, 0.25) is 0 Å². The van der Waals surface area contributed by atoms with Crippen molar-refractivity contribution in [3.8, 4) is 5.75 Å². The van der Waals surface area contributed by atoms with Crippen LogP contribution in [0.5, 0.6) is 5.75 Å². The highest BCUT2D eigenvalue weighted by Crippen LogP contribution is 2.33. The van der Waals surface area contributed by atoms with Gasteiger partial charge in [-0.3, -0.25) is 9.59 Å². The summed E-state index contributed by atoms with van der Waals surface area (Å²) in [6, 6.07) is 15.1. The maximum atomic E-state index is 13.0. The van der Waals surface area contributed by atoms with Gasteiger partial charge in [0.2, 0.25) is 5.91 Å². The zero-order chi connectivity index (χ0) is 20.2. The van der Waals surface area contributed by atoms with Crippen molar-refractivity contribution in [2.24, 2.45) is 0 Å². The molecule has 2 heterocycles. The number of carbonyl (C=O) groups is 2. The minimum Gasteiger partial charge on any atom is -0.477 e. The molecule has 0 saturated carbocycles. The van der Waals surface area contributed by atoms with Gasteiger partial charge in [-0.1, -0.05) is 24.3 Å². The molecule has 2 aromatic rings. The molecule has 0 aromatic heterocycles. The average molecular weight is 458 g/mol. The van der Waals surface area contributed by atoms with Crippen LogP contribution in [0.3, 0.4) is 0 Å². The Balaban J connectivity index is 1.49. The molecule has 1 fully saturated rings. The highest BCUT2D eigenvalue weighted by Gasteiger charge is 2.34. The van der Waals surface area contributed by atoms with E-state index in [0.717, 1.165) is 41.8 Å². The number of anilines is 2. The third-order valence-corrected chi connectivity index (χ3v) is 5.98. The Morgan fingerprint density at radius 1 is 1.03 bits per heavy atom. The molecular formula is C22H24BrN3O3. The summed E-state index contributed by atoms with van der Waals surface area (Å²) in [6.07, 6.45) is 2.64. The second-order valence-electron chi connectivity index (χ2n) is 7.37. The lowest BCUT2D eigenvalue weighted by Gasteiger charge is -2.38. The number of amides is 2. The van der Waals surface area contributed by atoms with Crippen LogP contribution in [0.25, 0.3) is 0 Å². The Kier molecular flexibility index (Phi) is 6.04. The molecule has 2 aliphatic heterocycles. The van der Waals surface area contributed by atoms with Crippen LogP contribution in [0.15, 0.2) is 53.0 Å². The van der Waals surface area contributed by atoms with Crippen molar-refractivity contribution in [3.63, 3.8) is 0 Å². The van der Waals surface area contributed by atoms with Crippen LogP contribution in [0, 0.1) is 0 Å². The van der Waals surface area contributed by atoms with E-state index in [9.17, 15) is 9.59 Å². The normalized spacial score (nSPS) is 18.6. The minimum absolute atomic E-state index is 0.00964. The second-order valence-corrected chi connectivity index (χ2v) is 8.22. The van der Waals surface area contributed by atoms with E-state index in [1.54, 1.807) is 0 Å². The van der Waals surface area contributed by atoms with Crippen LogP contribution in [-0.4, -0.2) is 49.0 Å². The molecule has 1 saturated heterocycles. The molecule has 0 aliphatic carbocycles. The first-order chi connectivity index (χ1) is 14.1. The van der Waals surface area contributed by atoms with Crippen LogP contribution in [0.4, 0.5) is 11.4 Å². The fraction of sp³-hybridized carbons (Fsp3) is 0.364. The van der Waals surface area contributed by atoms with E-state index in [4.69, 9.17) is 4.74 Å². The monoisotopic (exact) mass is 457 g/mol. The highest BCUT2D eigenvalue weighted by atomic mass is 79.9. The number of carbonyl (C=O) groups excluding carboxylic acids is 2. The molecule has 0 radical (unpaired) electrons. The minimum atomic E-state index is -0.598. The van der Waals surface area contributed by atoms with Crippen LogP contribution >= 0.6 is 15.9 Å². The molecule has 0 unspecified atom stereocenters. The molecule has 6 nitrogen and oxygen atoms in total. The number of halogens is 1. The van der Waals surface area contributed by atoms with Crippen molar-refractivity contribution in [1.29, 1.82) is 0 Å². The van der Waals surface area contributed by atoms with Gasteiger partial charge in [0, 0.05) is 17.6 Å². The summed E-state index contributed by atoms with van der Waals surface area (Å²) >= 11 is 3.45. The average Bonchev–Trinajstić information content (AvgIpc) is 2.75. The predicted molar refractivity (Wildman–Crippen MR) is 116 cm³/mol. The number of nitrogens with one attached hydrogen (secondary N) is 1. The lowest BCUT2D eigenvalue weighted by molar-refractivity contribution is -0.139. The third kappa shape index (κ3) is 4.56. The second kappa shape index (κ2) is 8.86. The SMILES string of the molecule is O=C(CN1C[C@H](C(=O)N2CCCCC2)Oc2ccccc21)Nc1ccccc1Br. The van der Waals surface area contributed by atoms with Crippen molar-refractivity contribution in [2.75, 3.05) is 36.4 Å². The quantitative estimate of drug-likeness (QED) is 0.760. The predicted octanol–water partition coefficient (Wildman–Crippen LogP) is 3.67. The van der Waals surface area contributed by atoms with Crippen molar-refractivity contribution in [1.82, 2.24) is 4.90 Å². The zero-order valence-corrected chi connectivity index (χ0v) is 17.7. The summed E-state index contributed by atoms with van der Waals surface area (Å²) in [4.78, 5) is 29.5. The molecule has 2 amide bonds. The van der Waals surface area contributed by atoms with E-state index < -0.39 is 6.10 Å². The number of likely N-dealkylation sites (tertiary alicyclic amines) is 1. The number of hydrogen-bond acceptors (Lipinski definition) is 4. The molecule has 2 aromatic carbocycles. The summed E-state index contributed by atoms with van der Waals surface area (Å²) in [5.41, 5.74) is 1.55. The largest absolute Gasteiger partial charge is 0.477 e. The maximum absolute atomic E-state index is 13.0. The number of rotatable bonds is 4. The van der Waals surface area contributed by atoms with Crippen molar-refractivity contribution >= 4 is 39.1 Å². The number of nitrogens with zero attached hydrogens (tertiary/aromatic N) is 2. The van der Waals surface area contributed by atoms with E-state index in [1.807, 2.05) is 58.3 Å². The number of ether oxygens (including phenoxy) is 1. The van der Waals surface area contributed by atoms with E-state index >= 15 is 0 Å². The van der Waals surface area contributed by atoms with Gasteiger partial charge in [0.15, 0.2) is 6.10 Å². The fourth-order valence-electron chi connectivity index (χ4n) is 3.83. The van der Waals surface area contributed by atoms with Gasteiger partial charge in [-0.25, -0.2) is 0 Å². The van der Waals surface area contributed by atoms with Crippen molar-refractivity contribution in [2.45, 2.75) is 25.4 Å². The summed E-state index contributed by atoms with van der Waals surface area (Å²) in [6.45, 7) is 2.06. The molecule has 2 aliphatic rings. The lowest BCUT2D eigenvalue weighted by atomic mass is 10.1. The Bertz CT molecular complexity index is 898. The van der Waals surface area contributed by atoms with Gasteiger partial charge in [0.25, 0.3) is 5.91 Å². The molecular weight excluding hydrogens is 434 g/mol. The third-order valence-electron chi connectivity index (χ3n) is 5.29. The van der Waals surface area contributed by atoms with E-state index in [0.29, 0.717) is 12.3 Å². The number of hydrogen-bond donors (Lipinski definition) is 1. The Labute approximate surface area is 178 Å². The van der Waals surface area contributed by atoms with Gasteiger partial charge in [0.05, 0.1) is 24.5 Å². The number of benzene rings is 2. The maximum Gasteiger partial charge on any atom is 0.265 e. The van der Waals surface area contributed by atoms with Crippen LogP contribution in [-0.2, 0) is 9.59 Å². The Hall–Kier alpha value is -2.54. The first kappa shape index (κ1) is 19.8. The topological polar surface area (TPSA) is 61.9 Å². The smallest absolute Gasteiger partial charge is 0.265 e. The van der Waals surface area contributed by atoms with Gasteiger partial charge in [-0.05, 0) is 59.5 Å². The van der Waals surface area contributed by atoms with Gasteiger partial charge in [-0.15, -0.1) is 0 Å². The fourth-order valence-corrected chi connectivity index (χ4v) is 4.21. The zero-order valence-electron chi connectivity index (χ0n) is 16.1. The van der Waals surface area contributed by atoms with Gasteiger partial charge in [0.1, 0.15) is 5.75 Å².